The van der Waals surface area contributed by atoms with E-state index in [9.17, 15) is 14.4 Å². The van der Waals surface area contributed by atoms with Gasteiger partial charge in [-0.3, -0.25) is 9.59 Å². The van der Waals surface area contributed by atoms with Gasteiger partial charge in [0.2, 0.25) is 5.91 Å². The van der Waals surface area contributed by atoms with Gasteiger partial charge in [-0.15, -0.1) is 0 Å². The summed E-state index contributed by atoms with van der Waals surface area (Å²) in [6, 6.07) is 15.8. The van der Waals surface area contributed by atoms with Crippen molar-refractivity contribution in [3.05, 3.63) is 65.7 Å². The topological polar surface area (TPSA) is 90.5 Å². The van der Waals surface area contributed by atoms with E-state index >= 15 is 0 Å². The minimum absolute atomic E-state index is 0.0222. The first-order valence-corrected chi connectivity index (χ1v) is 11.7. The normalized spacial score (nSPS) is 15.9. The highest BCUT2D eigenvalue weighted by Crippen LogP contribution is 2.23. The van der Waals surface area contributed by atoms with E-state index in [1.165, 1.54) is 0 Å². The lowest BCUT2D eigenvalue weighted by Crippen LogP contribution is -2.55. The van der Waals surface area contributed by atoms with Crippen LogP contribution in [0.25, 0.3) is 0 Å². The maximum Gasteiger partial charge on any atom is 0.321 e. The lowest BCUT2D eigenvalue weighted by atomic mass is 9.88. The van der Waals surface area contributed by atoms with E-state index in [2.05, 4.69) is 16.0 Å². The number of nitrogens with one attached hydrogen (secondary N) is 3. The van der Waals surface area contributed by atoms with Crippen LogP contribution in [0.3, 0.4) is 0 Å². The van der Waals surface area contributed by atoms with Gasteiger partial charge < -0.3 is 20.9 Å². The molecule has 176 valence electrons. The zero-order valence-corrected chi connectivity index (χ0v) is 19.6. The summed E-state index contributed by atoms with van der Waals surface area (Å²) >= 11 is 0. The number of aryl methyl sites for hydroxylation is 1. The fraction of sp³-hybridized carbons (Fsp3) is 0.423. The van der Waals surface area contributed by atoms with Gasteiger partial charge in [-0.25, -0.2) is 4.79 Å². The summed E-state index contributed by atoms with van der Waals surface area (Å²) in [6.07, 6.45) is 2.08. The summed E-state index contributed by atoms with van der Waals surface area (Å²) in [5.41, 5.74) is 2.41. The van der Waals surface area contributed by atoms with Gasteiger partial charge in [0.05, 0.1) is 0 Å². The largest absolute Gasteiger partial charge is 0.352 e. The Kier molecular flexibility index (Phi) is 8.46. The summed E-state index contributed by atoms with van der Waals surface area (Å²) in [5.74, 6) is -0.485. The molecule has 1 aliphatic rings. The molecule has 1 heterocycles. The van der Waals surface area contributed by atoms with Crippen LogP contribution in [0, 0.1) is 12.8 Å². The maximum atomic E-state index is 13.0. The number of anilines is 1. The van der Waals surface area contributed by atoms with E-state index in [1.807, 2.05) is 51.1 Å². The average molecular weight is 451 g/mol. The van der Waals surface area contributed by atoms with Crippen molar-refractivity contribution in [3.63, 3.8) is 0 Å². The van der Waals surface area contributed by atoms with Crippen LogP contribution >= 0.6 is 0 Å². The number of benzene rings is 2. The lowest BCUT2D eigenvalue weighted by molar-refractivity contribution is -0.125. The van der Waals surface area contributed by atoms with Gasteiger partial charge in [-0.05, 0) is 63.3 Å². The Bertz CT molecular complexity index is 938. The van der Waals surface area contributed by atoms with Crippen LogP contribution in [0.5, 0.6) is 0 Å². The molecule has 0 bridgehead atoms. The molecule has 0 spiro atoms. The number of piperidine rings is 1. The summed E-state index contributed by atoms with van der Waals surface area (Å²) in [4.78, 5) is 40.3. The molecule has 3 N–H and O–H groups in total. The first-order valence-electron chi connectivity index (χ1n) is 11.7. The molecule has 4 amide bonds. The van der Waals surface area contributed by atoms with Crippen molar-refractivity contribution in [2.45, 2.75) is 52.1 Å². The van der Waals surface area contributed by atoms with Gasteiger partial charge in [0, 0.05) is 30.4 Å². The second kappa shape index (κ2) is 11.5. The van der Waals surface area contributed by atoms with Crippen molar-refractivity contribution >= 4 is 23.5 Å². The predicted octanol–water partition coefficient (Wildman–Crippen LogP) is 3.95. The van der Waals surface area contributed by atoms with Crippen molar-refractivity contribution < 1.29 is 14.4 Å². The smallest absolute Gasteiger partial charge is 0.321 e. The Hall–Kier alpha value is -3.35. The SMILES string of the molecule is CCC(C)NC(=O)C(NC(=O)c1ccccc1)C1CCN(C(=O)Nc2ccc(C)cc2)CC1. The molecule has 1 fully saturated rings. The molecular weight excluding hydrogens is 416 g/mol. The predicted molar refractivity (Wildman–Crippen MR) is 130 cm³/mol. The van der Waals surface area contributed by atoms with E-state index in [-0.39, 0.29) is 29.8 Å². The van der Waals surface area contributed by atoms with Crippen molar-refractivity contribution in [1.29, 1.82) is 0 Å². The number of amides is 4. The fourth-order valence-corrected chi connectivity index (χ4v) is 3.92. The summed E-state index contributed by atoms with van der Waals surface area (Å²) in [5, 5.41) is 8.89. The van der Waals surface area contributed by atoms with Crippen LogP contribution in [-0.4, -0.2) is 47.9 Å². The molecule has 33 heavy (non-hydrogen) atoms. The molecule has 0 radical (unpaired) electrons. The molecule has 7 nitrogen and oxygen atoms in total. The molecule has 7 heteroatoms. The summed E-state index contributed by atoms with van der Waals surface area (Å²) in [6.45, 7) is 7.01. The number of urea groups is 1. The van der Waals surface area contributed by atoms with Crippen LogP contribution in [0.15, 0.2) is 54.6 Å². The van der Waals surface area contributed by atoms with Crippen LogP contribution in [0.2, 0.25) is 0 Å². The molecule has 2 unspecified atom stereocenters. The number of rotatable bonds is 7. The van der Waals surface area contributed by atoms with Gasteiger partial charge in [0.15, 0.2) is 0 Å². The fourth-order valence-electron chi connectivity index (χ4n) is 3.92. The molecular formula is C26H34N4O3. The quantitative estimate of drug-likeness (QED) is 0.597. The van der Waals surface area contributed by atoms with Gasteiger partial charge in [-0.1, -0.05) is 42.8 Å². The average Bonchev–Trinajstić information content (AvgIpc) is 2.84. The zero-order chi connectivity index (χ0) is 23.8. The van der Waals surface area contributed by atoms with Crippen molar-refractivity contribution in [2.24, 2.45) is 5.92 Å². The second-order valence-corrected chi connectivity index (χ2v) is 8.76. The van der Waals surface area contributed by atoms with Gasteiger partial charge >= 0.3 is 6.03 Å². The van der Waals surface area contributed by atoms with Crippen molar-refractivity contribution in [3.8, 4) is 0 Å². The Morgan fingerprint density at radius 2 is 1.61 bits per heavy atom. The molecule has 0 saturated carbocycles. The second-order valence-electron chi connectivity index (χ2n) is 8.76. The number of hydrogen-bond donors (Lipinski definition) is 3. The zero-order valence-electron chi connectivity index (χ0n) is 19.6. The standard InChI is InChI=1S/C26H34N4O3/c1-4-19(3)27-25(32)23(29-24(31)21-8-6-5-7-9-21)20-14-16-30(17-15-20)26(33)28-22-12-10-18(2)11-13-22/h5-13,19-20,23H,4,14-17H2,1-3H3,(H,27,32)(H,28,33)(H,29,31). The number of nitrogens with zero attached hydrogens (tertiary/aromatic N) is 1. The van der Waals surface area contributed by atoms with Crippen LogP contribution in [0.1, 0.15) is 49.0 Å². The lowest BCUT2D eigenvalue weighted by Gasteiger charge is -2.36. The highest BCUT2D eigenvalue weighted by atomic mass is 16.2. The molecule has 0 aliphatic carbocycles. The molecule has 2 atom stereocenters. The van der Waals surface area contributed by atoms with Crippen LogP contribution in [0.4, 0.5) is 10.5 Å². The molecule has 2 aromatic rings. The Morgan fingerprint density at radius 3 is 2.21 bits per heavy atom. The molecule has 1 aliphatic heterocycles. The minimum atomic E-state index is -0.644. The van der Waals surface area contributed by atoms with Gasteiger partial charge in [0.25, 0.3) is 5.91 Å². The van der Waals surface area contributed by atoms with Crippen molar-refractivity contribution in [2.75, 3.05) is 18.4 Å². The number of likely N-dealkylation sites (tertiary alicyclic amines) is 1. The molecule has 0 aromatic heterocycles. The van der Waals surface area contributed by atoms with Crippen LogP contribution in [-0.2, 0) is 4.79 Å². The van der Waals surface area contributed by atoms with E-state index < -0.39 is 6.04 Å². The van der Waals surface area contributed by atoms with Crippen LogP contribution < -0.4 is 16.0 Å². The minimum Gasteiger partial charge on any atom is -0.352 e. The Labute approximate surface area is 195 Å². The van der Waals surface area contributed by atoms with E-state index in [1.54, 1.807) is 29.2 Å². The Balaban J connectivity index is 1.63. The third-order valence-corrected chi connectivity index (χ3v) is 6.21. The first-order chi connectivity index (χ1) is 15.9. The maximum absolute atomic E-state index is 13.0. The van der Waals surface area contributed by atoms with Crippen molar-refractivity contribution in [1.82, 2.24) is 15.5 Å². The summed E-state index contributed by atoms with van der Waals surface area (Å²) in [7, 11) is 0. The number of hydrogen-bond acceptors (Lipinski definition) is 3. The number of carbonyl (C=O) groups is 3. The third-order valence-electron chi connectivity index (χ3n) is 6.21. The first kappa shape index (κ1) is 24.3. The van der Waals surface area contributed by atoms with E-state index in [0.717, 1.165) is 17.7 Å². The van der Waals surface area contributed by atoms with E-state index in [0.29, 0.717) is 31.5 Å². The highest BCUT2D eigenvalue weighted by Gasteiger charge is 2.34. The highest BCUT2D eigenvalue weighted by molar-refractivity contribution is 5.97. The van der Waals surface area contributed by atoms with E-state index in [4.69, 9.17) is 0 Å². The molecule has 2 aromatic carbocycles. The monoisotopic (exact) mass is 450 g/mol. The number of carbonyl (C=O) groups excluding carboxylic acids is 3. The summed E-state index contributed by atoms with van der Waals surface area (Å²) < 4.78 is 0. The van der Waals surface area contributed by atoms with Gasteiger partial charge in [0.1, 0.15) is 6.04 Å². The van der Waals surface area contributed by atoms with Gasteiger partial charge in [-0.2, -0.15) is 0 Å². The molecule has 3 rings (SSSR count). The third kappa shape index (κ3) is 6.81. The Morgan fingerprint density at radius 1 is 0.970 bits per heavy atom. The molecule has 1 saturated heterocycles.